The van der Waals surface area contributed by atoms with Gasteiger partial charge in [0.05, 0.1) is 38.3 Å². The lowest BCUT2D eigenvalue weighted by molar-refractivity contribution is -0.202. The fourth-order valence-electron chi connectivity index (χ4n) is 13.3. The number of amides is 1. The number of hydrogen-bond acceptors (Lipinski definition) is 6. The molecule has 0 spiro atoms. The summed E-state index contributed by atoms with van der Waals surface area (Å²) in [6, 6.07) is 0. The molecule has 0 aromatic heterocycles. The minimum Gasteiger partial charge on any atom is -0.469 e. The first-order valence-electron chi connectivity index (χ1n) is 19.2. The Morgan fingerprint density at radius 2 is 1.62 bits per heavy atom. The number of carbonyl (C=O) groups excluding carboxylic acids is 2. The van der Waals surface area contributed by atoms with Gasteiger partial charge >= 0.3 is 5.97 Å². The number of carbonyl (C=O) groups is 2. The van der Waals surface area contributed by atoms with Gasteiger partial charge in [-0.05, 0) is 109 Å². The Hall–Kier alpha value is -1.44. The molecule has 1 heterocycles. The van der Waals surface area contributed by atoms with E-state index in [0.29, 0.717) is 48.7 Å². The molecule has 47 heavy (non-hydrogen) atoms. The molecule has 1 aliphatic heterocycles. The Labute approximate surface area is 285 Å². The molecule has 0 radical (unpaired) electrons. The van der Waals surface area contributed by atoms with Gasteiger partial charge in [-0.1, -0.05) is 60.1 Å². The van der Waals surface area contributed by atoms with Crippen LogP contribution >= 0.6 is 0 Å². The molecular formula is C40H66N2O5. The molecule has 5 aliphatic carbocycles. The van der Waals surface area contributed by atoms with E-state index in [1.54, 1.807) is 12.7 Å². The predicted octanol–water partition coefficient (Wildman–Crippen LogP) is 6.59. The molecule has 0 aromatic rings. The van der Waals surface area contributed by atoms with Gasteiger partial charge in [-0.3, -0.25) is 14.5 Å². The molecule has 1 amide bonds. The van der Waals surface area contributed by atoms with E-state index in [1.165, 1.54) is 12.8 Å². The average molecular weight is 655 g/mol. The van der Waals surface area contributed by atoms with E-state index in [-0.39, 0.29) is 45.6 Å². The fourth-order valence-corrected chi connectivity index (χ4v) is 13.3. The standard InChI is InChI=1S/C40H66N2O5/c1-27-11-16-40(35(45)42-21-19-41(20-22-42)23-25-47-26-24-43)18-17-38(6)29(33(40)28(27)2)9-10-32-37(5)14-12-30(34(44)46-8)36(3,4)31(37)13-15-39(32,38)7/h9,27-28,30-33,43H,10-26H2,1-8H3/t27-,28+,30-,31?,32?,33?,37+,38-,39-,40+/m1/s1. The van der Waals surface area contributed by atoms with Crippen molar-refractivity contribution in [2.75, 3.05) is 59.7 Å². The van der Waals surface area contributed by atoms with E-state index in [9.17, 15) is 9.59 Å². The van der Waals surface area contributed by atoms with Gasteiger partial charge in [0.2, 0.25) is 5.91 Å². The molecule has 10 atom stereocenters. The summed E-state index contributed by atoms with van der Waals surface area (Å²) in [5.74, 6) is 2.90. The smallest absolute Gasteiger partial charge is 0.309 e. The van der Waals surface area contributed by atoms with Crippen molar-refractivity contribution in [2.45, 2.75) is 106 Å². The number of nitrogens with zero attached hydrogens (tertiary/aromatic N) is 2. The minimum atomic E-state index is -0.283. The number of aliphatic hydroxyl groups is 1. The summed E-state index contributed by atoms with van der Waals surface area (Å²) in [5.41, 5.74) is 1.72. The van der Waals surface area contributed by atoms with Gasteiger partial charge in [-0.2, -0.15) is 0 Å². The molecule has 0 aromatic carbocycles. The topological polar surface area (TPSA) is 79.3 Å². The van der Waals surface area contributed by atoms with Crippen molar-refractivity contribution in [2.24, 2.45) is 62.6 Å². The number of piperazine rings is 1. The minimum absolute atomic E-state index is 0.0208. The first-order valence-corrected chi connectivity index (χ1v) is 19.2. The molecule has 1 saturated heterocycles. The molecule has 6 aliphatic rings. The zero-order valence-electron chi connectivity index (χ0n) is 31.0. The quantitative estimate of drug-likeness (QED) is 0.190. The SMILES string of the molecule is COC(=O)[C@H]1CC[C@@]2(C)C(CC[C@]3(C)C2CC=C2C4[C@@H](C)[C@H](C)CC[C@]4(C(=O)N4CCN(CCOCCO)CC4)CC[C@]23C)C1(C)C. The molecule has 4 saturated carbocycles. The summed E-state index contributed by atoms with van der Waals surface area (Å²) in [4.78, 5) is 32.5. The predicted molar refractivity (Wildman–Crippen MR) is 185 cm³/mol. The van der Waals surface area contributed by atoms with Crippen LogP contribution in [0.5, 0.6) is 0 Å². The van der Waals surface area contributed by atoms with Crippen molar-refractivity contribution in [1.82, 2.24) is 9.80 Å². The molecule has 3 unspecified atom stereocenters. The summed E-state index contributed by atoms with van der Waals surface area (Å²) in [5, 5.41) is 9.02. The number of esters is 1. The van der Waals surface area contributed by atoms with Crippen molar-refractivity contribution < 1.29 is 24.2 Å². The number of methoxy groups -OCH3 is 1. The zero-order chi connectivity index (χ0) is 34.0. The molecular weight excluding hydrogens is 588 g/mol. The lowest BCUT2D eigenvalue weighted by Crippen LogP contribution is -2.66. The molecule has 266 valence electrons. The lowest BCUT2D eigenvalue weighted by Gasteiger charge is -2.71. The third-order valence-electron chi connectivity index (χ3n) is 16.4. The summed E-state index contributed by atoms with van der Waals surface area (Å²) >= 11 is 0. The summed E-state index contributed by atoms with van der Waals surface area (Å²) < 4.78 is 10.8. The molecule has 0 bridgehead atoms. The summed E-state index contributed by atoms with van der Waals surface area (Å²) in [6.45, 7) is 22.8. The monoisotopic (exact) mass is 654 g/mol. The van der Waals surface area contributed by atoms with Crippen LogP contribution in [-0.4, -0.2) is 86.4 Å². The number of ether oxygens (including phenoxy) is 2. The third-order valence-corrected chi connectivity index (χ3v) is 16.4. The highest BCUT2D eigenvalue weighted by molar-refractivity contribution is 5.84. The van der Waals surface area contributed by atoms with Gasteiger partial charge in [-0.15, -0.1) is 0 Å². The highest BCUT2D eigenvalue weighted by atomic mass is 16.5. The van der Waals surface area contributed by atoms with Gasteiger partial charge in [0, 0.05) is 32.7 Å². The van der Waals surface area contributed by atoms with Crippen LogP contribution in [-0.2, 0) is 19.1 Å². The highest BCUT2D eigenvalue weighted by Gasteiger charge is 2.70. The molecule has 1 N–H and O–H groups in total. The lowest BCUT2D eigenvalue weighted by atomic mass is 9.33. The third kappa shape index (κ3) is 5.29. The van der Waals surface area contributed by atoms with E-state index in [1.807, 2.05) is 0 Å². The largest absolute Gasteiger partial charge is 0.469 e. The van der Waals surface area contributed by atoms with Gasteiger partial charge in [-0.25, -0.2) is 0 Å². The van der Waals surface area contributed by atoms with Crippen LogP contribution in [0.2, 0.25) is 0 Å². The average Bonchev–Trinajstić information content (AvgIpc) is 3.04. The molecule has 7 heteroatoms. The number of fused-ring (bicyclic) bond motifs is 7. The van der Waals surface area contributed by atoms with E-state index in [0.717, 1.165) is 77.7 Å². The van der Waals surface area contributed by atoms with Crippen LogP contribution in [0.4, 0.5) is 0 Å². The van der Waals surface area contributed by atoms with Gasteiger partial charge in [0.25, 0.3) is 0 Å². The van der Waals surface area contributed by atoms with Crippen molar-refractivity contribution in [3.05, 3.63) is 11.6 Å². The van der Waals surface area contributed by atoms with Crippen molar-refractivity contribution in [1.29, 1.82) is 0 Å². The number of aliphatic hydroxyl groups excluding tert-OH is 1. The van der Waals surface area contributed by atoms with Crippen LogP contribution in [0, 0.1) is 62.6 Å². The number of hydrogen-bond donors (Lipinski definition) is 1. The summed E-state index contributed by atoms with van der Waals surface area (Å²) in [6.07, 6.45) is 12.5. The van der Waals surface area contributed by atoms with Crippen molar-refractivity contribution >= 4 is 11.9 Å². The fraction of sp³-hybridized carbons (Fsp3) is 0.900. The molecule has 6 rings (SSSR count). The van der Waals surface area contributed by atoms with E-state index in [2.05, 4.69) is 64.3 Å². The Kier molecular flexibility index (Phi) is 9.57. The normalized spacial score (nSPS) is 44.7. The van der Waals surface area contributed by atoms with Crippen LogP contribution in [0.1, 0.15) is 106 Å². The van der Waals surface area contributed by atoms with E-state index < -0.39 is 0 Å². The maximum absolute atomic E-state index is 14.9. The van der Waals surface area contributed by atoms with Gasteiger partial charge in [0.15, 0.2) is 0 Å². The Morgan fingerprint density at radius 3 is 2.30 bits per heavy atom. The van der Waals surface area contributed by atoms with E-state index >= 15 is 0 Å². The second kappa shape index (κ2) is 12.7. The molecule has 7 nitrogen and oxygen atoms in total. The Bertz CT molecular complexity index is 1220. The van der Waals surface area contributed by atoms with Crippen LogP contribution < -0.4 is 0 Å². The van der Waals surface area contributed by atoms with Crippen LogP contribution in [0.15, 0.2) is 11.6 Å². The van der Waals surface area contributed by atoms with E-state index in [4.69, 9.17) is 14.6 Å². The first kappa shape index (κ1) is 35.4. The second-order valence-corrected chi connectivity index (χ2v) is 18.2. The number of allylic oxidation sites excluding steroid dienone is 2. The highest BCUT2D eigenvalue weighted by Crippen LogP contribution is 2.76. The van der Waals surface area contributed by atoms with Crippen molar-refractivity contribution in [3.63, 3.8) is 0 Å². The maximum atomic E-state index is 14.9. The van der Waals surface area contributed by atoms with Crippen LogP contribution in [0.25, 0.3) is 0 Å². The maximum Gasteiger partial charge on any atom is 0.309 e. The Balaban J connectivity index is 1.28. The summed E-state index contributed by atoms with van der Waals surface area (Å²) in [7, 11) is 1.55. The van der Waals surface area contributed by atoms with Crippen LogP contribution in [0.3, 0.4) is 0 Å². The zero-order valence-corrected chi connectivity index (χ0v) is 31.0. The second-order valence-electron chi connectivity index (χ2n) is 18.2. The Morgan fingerprint density at radius 1 is 0.894 bits per heavy atom. The first-order chi connectivity index (χ1) is 22.2. The van der Waals surface area contributed by atoms with Crippen molar-refractivity contribution in [3.8, 4) is 0 Å². The van der Waals surface area contributed by atoms with Gasteiger partial charge in [0.1, 0.15) is 0 Å². The number of rotatable bonds is 7. The van der Waals surface area contributed by atoms with Gasteiger partial charge < -0.3 is 19.5 Å². The molecule has 5 fully saturated rings.